The van der Waals surface area contributed by atoms with Crippen molar-refractivity contribution in [1.82, 2.24) is 30.4 Å². The predicted octanol–water partition coefficient (Wildman–Crippen LogP) is 1.60. The molecular formula is C20H21FN6O2. The lowest BCUT2D eigenvalue weighted by atomic mass is 10.0. The van der Waals surface area contributed by atoms with Crippen molar-refractivity contribution in [2.45, 2.75) is 6.04 Å². The highest BCUT2D eigenvalue weighted by atomic mass is 19.1. The number of nitrogens with one attached hydrogen (secondary N) is 1. The van der Waals surface area contributed by atoms with Crippen LogP contribution in [0.25, 0.3) is 5.69 Å². The quantitative estimate of drug-likeness (QED) is 0.681. The molecule has 8 nitrogen and oxygen atoms in total. The first-order valence-electron chi connectivity index (χ1n) is 9.39. The van der Waals surface area contributed by atoms with E-state index >= 15 is 0 Å². The Balaban J connectivity index is 1.48. The largest absolute Gasteiger partial charge is 0.379 e. The van der Waals surface area contributed by atoms with Crippen molar-refractivity contribution in [3.63, 3.8) is 0 Å². The number of aromatic nitrogens is 4. The SMILES string of the molecule is O=C(NCC(c1ccc(F)cc1)N1CCOCC1)c1cccc(-n2cnnn2)c1. The van der Waals surface area contributed by atoms with Gasteiger partial charge in [-0.25, -0.2) is 9.07 Å². The van der Waals surface area contributed by atoms with Crippen LogP contribution in [-0.2, 0) is 4.74 Å². The molecule has 29 heavy (non-hydrogen) atoms. The van der Waals surface area contributed by atoms with E-state index in [0.29, 0.717) is 31.0 Å². The van der Waals surface area contributed by atoms with Gasteiger partial charge < -0.3 is 10.1 Å². The van der Waals surface area contributed by atoms with Gasteiger partial charge >= 0.3 is 0 Å². The Labute approximate surface area is 167 Å². The van der Waals surface area contributed by atoms with Gasteiger partial charge in [0.1, 0.15) is 12.1 Å². The van der Waals surface area contributed by atoms with Crippen LogP contribution in [0.15, 0.2) is 54.9 Å². The minimum atomic E-state index is -0.280. The van der Waals surface area contributed by atoms with E-state index in [1.807, 2.05) is 6.07 Å². The molecule has 4 rings (SSSR count). The molecule has 1 unspecified atom stereocenters. The molecule has 1 aromatic heterocycles. The molecule has 0 radical (unpaired) electrons. The van der Waals surface area contributed by atoms with E-state index in [1.165, 1.54) is 23.1 Å². The zero-order chi connectivity index (χ0) is 20.1. The van der Waals surface area contributed by atoms with E-state index in [0.717, 1.165) is 18.7 Å². The summed E-state index contributed by atoms with van der Waals surface area (Å²) in [4.78, 5) is 15.0. The molecule has 1 saturated heterocycles. The van der Waals surface area contributed by atoms with Gasteiger partial charge in [0.15, 0.2) is 0 Å². The van der Waals surface area contributed by atoms with Crippen LogP contribution in [0.1, 0.15) is 22.0 Å². The van der Waals surface area contributed by atoms with E-state index in [2.05, 4.69) is 25.7 Å². The molecule has 1 amide bonds. The molecule has 1 N–H and O–H groups in total. The second kappa shape index (κ2) is 8.89. The molecule has 2 heterocycles. The van der Waals surface area contributed by atoms with Crippen LogP contribution in [0.3, 0.4) is 0 Å². The van der Waals surface area contributed by atoms with Gasteiger partial charge in [-0.1, -0.05) is 18.2 Å². The average Bonchev–Trinajstić information content (AvgIpc) is 3.31. The Morgan fingerprint density at radius 2 is 1.97 bits per heavy atom. The molecule has 0 aliphatic carbocycles. The summed E-state index contributed by atoms with van der Waals surface area (Å²) < 4.78 is 20.3. The van der Waals surface area contributed by atoms with Crippen molar-refractivity contribution in [3.05, 3.63) is 71.8 Å². The first-order valence-corrected chi connectivity index (χ1v) is 9.39. The summed E-state index contributed by atoms with van der Waals surface area (Å²) in [6.45, 7) is 3.19. The molecule has 2 aromatic carbocycles. The van der Waals surface area contributed by atoms with Gasteiger partial charge in [-0.2, -0.15) is 0 Å². The zero-order valence-corrected chi connectivity index (χ0v) is 15.7. The summed E-state index contributed by atoms with van der Waals surface area (Å²) in [6.07, 6.45) is 1.47. The third kappa shape index (κ3) is 4.64. The van der Waals surface area contributed by atoms with E-state index in [4.69, 9.17) is 4.74 Å². The summed E-state index contributed by atoms with van der Waals surface area (Å²) in [7, 11) is 0. The number of hydrogen-bond donors (Lipinski definition) is 1. The van der Waals surface area contributed by atoms with Crippen LogP contribution in [0.2, 0.25) is 0 Å². The molecule has 1 aliphatic heterocycles. The molecule has 3 aromatic rings. The fraction of sp³-hybridized carbons (Fsp3) is 0.300. The van der Waals surface area contributed by atoms with E-state index in [-0.39, 0.29) is 17.8 Å². The van der Waals surface area contributed by atoms with E-state index < -0.39 is 0 Å². The number of carbonyl (C=O) groups is 1. The fourth-order valence-corrected chi connectivity index (χ4v) is 3.39. The summed E-state index contributed by atoms with van der Waals surface area (Å²) in [5.41, 5.74) is 2.17. The Kier molecular flexibility index (Phi) is 5.87. The number of morpholine rings is 1. The van der Waals surface area contributed by atoms with Gasteiger partial charge in [0.25, 0.3) is 5.91 Å². The highest BCUT2D eigenvalue weighted by Crippen LogP contribution is 2.22. The second-order valence-electron chi connectivity index (χ2n) is 6.73. The van der Waals surface area contributed by atoms with Gasteiger partial charge in [0, 0.05) is 25.2 Å². The van der Waals surface area contributed by atoms with Crippen LogP contribution in [0.4, 0.5) is 4.39 Å². The van der Waals surface area contributed by atoms with Crippen molar-refractivity contribution in [3.8, 4) is 5.69 Å². The van der Waals surface area contributed by atoms with Crippen molar-refractivity contribution in [1.29, 1.82) is 0 Å². The van der Waals surface area contributed by atoms with Gasteiger partial charge in [-0.15, -0.1) is 5.10 Å². The molecule has 9 heteroatoms. The lowest BCUT2D eigenvalue weighted by Gasteiger charge is -2.35. The van der Waals surface area contributed by atoms with Gasteiger partial charge in [-0.3, -0.25) is 9.69 Å². The number of amides is 1. The molecule has 1 fully saturated rings. The molecule has 0 saturated carbocycles. The summed E-state index contributed by atoms with van der Waals surface area (Å²) in [5, 5.41) is 14.1. The Morgan fingerprint density at radius 3 is 2.69 bits per heavy atom. The summed E-state index contributed by atoms with van der Waals surface area (Å²) in [6, 6.07) is 13.4. The number of ether oxygens (including phenoxy) is 1. The van der Waals surface area contributed by atoms with Gasteiger partial charge in [0.05, 0.1) is 24.9 Å². The van der Waals surface area contributed by atoms with Gasteiger partial charge in [-0.05, 0) is 46.3 Å². The van der Waals surface area contributed by atoms with Crippen molar-refractivity contribution >= 4 is 5.91 Å². The molecule has 0 spiro atoms. The Hall–Kier alpha value is -3.17. The minimum Gasteiger partial charge on any atom is -0.379 e. The zero-order valence-electron chi connectivity index (χ0n) is 15.7. The average molecular weight is 396 g/mol. The van der Waals surface area contributed by atoms with Crippen molar-refractivity contribution in [2.75, 3.05) is 32.8 Å². The maximum absolute atomic E-state index is 13.4. The molecule has 0 bridgehead atoms. The van der Waals surface area contributed by atoms with Crippen LogP contribution in [0, 0.1) is 5.82 Å². The van der Waals surface area contributed by atoms with Crippen LogP contribution >= 0.6 is 0 Å². The maximum Gasteiger partial charge on any atom is 0.251 e. The van der Waals surface area contributed by atoms with E-state index in [1.54, 1.807) is 30.3 Å². The number of rotatable bonds is 6. The number of benzene rings is 2. The third-order valence-corrected chi connectivity index (χ3v) is 4.92. The highest BCUT2D eigenvalue weighted by Gasteiger charge is 2.23. The number of halogens is 1. The monoisotopic (exact) mass is 396 g/mol. The van der Waals surface area contributed by atoms with Crippen LogP contribution in [0.5, 0.6) is 0 Å². The first-order chi connectivity index (χ1) is 14.2. The molecular weight excluding hydrogens is 375 g/mol. The number of hydrogen-bond acceptors (Lipinski definition) is 6. The smallest absolute Gasteiger partial charge is 0.251 e. The summed E-state index contributed by atoms with van der Waals surface area (Å²) in [5.74, 6) is -0.474. The van der Waals surface area contributed by atoms with Crippen molar-refractivity contribution < 1.29 is 13.9 Å². The minimum absolute atomic E-state index is 0.0638. The molecule has 150 valence electrons. The Bertz CT molecular complexity index is 942. The topological polar surface area (TPSA) is 85.2 Å². The van der Waals surface area contributed by atoms with Gasteiger partial charge in [0.2, 0.25) is 0 Å². The Morgan fingerprint density at radius 1 is 1.17 bits per heavy atom. The summed E-state index contributed by atoms with van der Waals surface area (Å²) >= 11 is 0. The second-order valence-corrected chi connectivity index (χ2v) is 6.73. The number of carbonyl (C=O) groups excluding carboxylic acids is 1. The number of nitrogens with zero attached hydrogens (tertiary/aromatic N) is 5. The fourth-order valence-electron chi connectivity index (χ4n) is 3.39. The lowest BCUT2D eigenvalue weighted by molar-refractivity contribution is 0.0162. The van der Waals surface area contributed by atoms with Crippen LogP contribution < -0.4 is 5.32 Å². The maximum atomic E-state index is 13.4. The lowest BCUT2D eigenvalue weighted by Crippen LogP contribution is -2.43. The normalized spacial score (nSPS) is 15.8. The third-order valence-electron chi connectivity index (χ3n) is 4.92. The molecule has 1 atom stereocenters. The first kappa shape index (κ1) is 19.2. The molecule has 1 aliphatic rings. The van der Waals surface area contributed by atoms with Crippen LogP contribution in [-0.4, -0.2) is 63.9 Å². The van der Waals surface area contributed by atoms with Crippen molar-refractivity contribution in [2.24, 2.45) is 0 Å². The number of tetrazole rings is 1. The van der Waals surface area contributed by atoms with E-state index in [9.17, 15) is 9.18 Å². The predicted molar refractivity (Wildman–Crippen MR) is 103 cm³/mol. The highest BCUT2D eigenvalue weighted by molar-refractivity contribution is 5.94. The standard InChI is InChI=1S/C20H21FN6O2/c21-17-6-4-15(5-7-17)19(26-8-10-29-11-9-26)13-22-20(28)16-2-1-3-18(12-16)27-14-23-24-25-27/h1-7,12,14,19H,8-11,13H2,(H,22,28).